The summed E-state index contributed by atoms with van der Waals surface area (Å²) in [7, 11) is 0. The summed E-state index contributed by atoms with van der Waals surface area (Å²) in [6.07, 6.45) is 0.177. The van der Waals surface area contributed by atoms with Crippen LogP contribution in [0, 0.1) is 0 Å². The van der Waals surface area contributed by atoms with Gasteiger partial charge in [-0.05, 0) is 54.3 Å². The summed E-state index contributed by atoms with van der Waals surface area (Å²) in [6, 6.07) is 23.3. The van der Waals surface area contributed by atoms with Gasteiger partial charge >= 0.3 is 0 Å². The van der Waals surface area contributed by atoms with Crippen LogP contribution in [0.5, 0.6) is 5.75 Å². The van der Waals surface area contributed by atoms with E-state index in [1.165, 1.54) is 17.2 Å². The molecule has 3 aromatic rings. The minimum atomic E-state index is -0.704. The van der Waals surface area contributed by atoms with E-state index < -0.39 is 6.10 Å². The highest BCUT2D eigenvalue weighted by molar-refractivity contribution is 5.36. The predicted octanol–water partition coefficient (Wildman–Crippen LogP) is 4.03. The van der Waals surface area contributed by atoms with Gasteiger partial charge in [-0.1, -0.05) is 60.7 Å². The zero-order chi connectivity index (χ0) is 22.1. The Labute approximate surface area is 184 Å². The van der Waals surface area contributed by atoms with Crippen LogP contribution in [0.1, 0.15) is 46.9 Å². The van der Waals surface area contributed by atoms with Crippen LogP contribution in [0.4, 0.5) is 0 Å². The van der Waals surface area contributed by atoms with E-state index in [9.17, 15) is 15.3 Å². The number of aliphatic hydroxyl groups excluding tert-OH is 2. The van der Waals surface area contributed by atoms with E-state index in [4.69, 9.17) is 4.74 Å². The van der Waals surface area contributed by atoms with Crippen LogP contribution in [0.15, 0.2) is 72.8 Å². The molecule has 0 heterocycles. The summed E-state index contributed by atoms with van der Waals surface area (Å²) in [5, 5.41) is 32.5. The van der Waals surface area contributed by atoms with Crippen molar-refractivity contribution in [2.75, 3.05) is 13.1 Å². The zero-order valence-electron chi connectivity index (χ0n) is 17.9. The fourth-order valence-electron chi connectivity index (χ4n) is 3.45. The van der Waals surface area contributed by atoms with Gasteiger partial charge in [-0.2, -0.15) is 0 Å². The molecule has 0 saturated carbocycles. The number of aliphatic hydroxyl groups is 2. The maximum absolute atomic E-state index is 10.3. The molecule has 0 spiro atoms. The van der Waals surface area contributed by atoms with E-state index in [0.29, 0.717) is 24.3 Å². The van der Waals surface area contributed by atoms with Crippen LogP contribution in [0.25, 0.3) is 0 Å². The molecule has 0 aliphatic rings. The molecule has 0 amide bonds. The van der Waals surface area contributed by atoms with Crippen molar-refractivity contribution in [1.29, 1.82) is 0 Å². The third-order valence-corrected chi connectivity index (χ3v) is 5.35. The zero-order valence-corrected chi connectivity index (χ0v) is 17.9. The number of phenols is 1. The predicted molar refractivity (Wildman–Crippen MR) is 122 cm³/mol. The number of hydrogen-bond donors (Lipinski definition) is 4. The first-order valence-electron chi connectivity index (χ1n) is 10.6. The fraction of sp³-hybridized carbons (Fsp3) is 0.308. The van der Waals surface area contributed by atoms with Gasteiger partial charge in [-0.3, -0.25) is 0 Å². The van der Waals surface area contributed by atoms with Crippen molar-refractivity contribution in [3.05, 3.63) is 101 Å². The Hall–Kier alpha value is -2.70. The molecule has 0 saturated heterocycles. The molecule has 3 rings (SSSR count). The van der Waals surface area contributed by atoms with E-state index in [0.717, 1.165) is 18.5 Å². The van der Waals surface area contributed by atoms with Gasteiger partial charge in [0.05, 0.1) is 25.4 Å². The summed E-state index contributed by atoms with van der Waals surface area (Å²) < 4.78 is 6.02. The number of aromatic hydroxyl groups is 1. The molecule has 5 nitrogen and oxygen atoms in total. The lowest BCUT2D eigenvalue weighted by Gasteiger charge is -2.15. The standard InChI is InChI=1S/C26H31NO4/c1-19(22-8-3-2-4-9-22)31-18-21-7-5-6-20(14-21)12-13-27-16-26(30)23-10-11-25(29)24(15-23)17-28/h2-11,14-15,19,26-30H,12-13,16-18H2,1H3/t19-,26?/m0/s1. The lowest BCUT2D eigenvalue weighted by atomic mass is 10.0. The summed E-state index contributed by atoms with van der Waals surface area (Å²) in [5.74, 6) is 0.0356. The first-order chi connectivity index (χ1) is 15.1. The Morgan fingerprint density at radius 1 is 0.903 bits per heavy atom. The van der Waals surface area contributed by atoms with Crippen molar-refractivity contribution in [3.63, 3.8) is 0 Å². The Morgan fingerprint density at radius 3 is 2.45 bits per heavy atom. The lowest BCUT2D eigenvalue weighted by Crippen LogP contribution is -2.23. The maximum atomic E-state index is 10.3. The van der Waals surface area contributed by atoms with E-state index in [1.54, 1.807) is 12.1 Å². The highest BCUT2D eigenvalue weighted by Crippen LogP contribution is 2.22. The molecule has 5 heteroatoms. The van der Waals surface area contributed by atoms with Crippen LogP contribution < -0.4 is 5.32 Å². The number of rotatable bonds is 11. The summed E-state index contributed by atoms with van der Waals surface area (Å²) in [5.41, 5.74) is 4.60. The van der Waals surface area contributed by atoms with Crippen LogP contribution in [0.2, 0.25) is 0 Å². The first-order valence-corrected chi connectivity index (χ1v) is 10.6. The van der Waals surface area contributed by atoms with Gasteiger partial charge in [-0.25, -0.2) is 0 Å². The molecule has 31 heavy (non-hydrogen) atoms. The van der Waals surface area contributed by atoms with Crippen molar-refractivity contribution in [2.24, 2.45) is 0 Å². The Kier molecular flexibility index (Phi) is 8.62. The van der Waals surface area contributed by atoms with Gasteiger partial charge in [0.15, 0.2) is 0 Å². The highest BCUT2D eigenvalue weighted by Gasteiger charge is 2.10. The van der Waals surface area contributed by atoms with Crippen molar-refractivity contribution in [2.45, 2.75) is 38.8 Å². The van der Waals surface area contributed by atoms with Crippen molar-refractivity contribution in [1.82, 2.24) is 5.32 Å². The summed E-state index contributed by atoms with van der Waals surface area (Å²) in [4.78, 5) is 0. The molecule has 164 valence electrons. The maximum Gasteiger partial charge on any atom is 0.121 e. The van der Waals surface area contributed by atoms with Gasteiger partial charge < -0.3 is 25.4 Å². The molecule has 0 aliphatic heterocycles. The van der Waals surface area contributed by atoms with Crippen molar-refractivity contribution < 1.29 is 20.1 Å². The molecular formula is C26H31NO4. The molecule has 0 aliphatic carbocycles. The Morgan fingerprint density at radius 2 is 1.68 bits per heavy atom. The van der Waals surface area contributed by atoms with Crippen LogP contribution in [-0.2, 0) is 24.4 Å². The summed E-state index contributed by atoms with van der Waals surface area (Å²) in [6.45, 7) is 3.49. The minimum absolute atomic E-state index is 0.0356. The van der Waals surface area contributed by atoms with Gasteiger partial charge in [0.2, 0.25) is 0 Å². The second kappa shape index (κ2) is 11.6. The van der Waals surface area contributed by atoms with Gasteiger partial charge in [0.25, 0.3) is 0 Å². The lowest BCUT2D eigenvalue weighted by molar-refractivity contribution is 0.0525. The third kappa shape index (κ3) is 6.91. The van der Waals surface area contributed by atoms with E-state index in [1.807, 2.05) is 24.3 Å². The smallest absolute Gasteiger partial charge is 0.121 e. The molecule has 0 aromatic heterocycles. The Bertz CT molecular complexity index is 945. The Balaban J connectivity index is 1.44. The van der Waals surface area contributed by atoms with Crippen LogP contribution in [-0.4, -0.2) is 28.4 Å². The minimum Gasteiger partial charge on any atom is -0.508 e. The average Bonchev–Trinajstić information content (AvgIpc) is 2.81. The van der Waals surface area contributed by atoms with E-state index in [-0.39, 0.29) is 18.5 Å². The largest absolute Gasteiger partial charge is 0.508 e. The number of benzene rings is 3. The van der Waals surface area contributed by atoms with Gasteiger partial charge in [0, 0.05) is 12.1 Å². The van der Waals surface area contributed by atoms with Gasteiger partial charge in [0.1, 0.15) is 5.75 Å². The van der Waals surface area contributed by atoms with E-state index >= 15 is 0 Å². The second-order valence-electron chi connectivity index (χ2n) is 7.70. The molecule has 0 fully saturated rings. The monoisotopic (exact) mass is 421 g/mol. The normalized spacial score (nSPS) is 13.1. The number of ether oxygens (including phenoxy) is 1. The highest BCUT2D eigenvalue weighted by atomic mass is 16.5. The second-order valence-corrected chi connectivity index (χ2v) is 7.70. The molecule has 2 atom stereocenters. The third-order valence-electron chi connectivity index (χ3n) is 5.35. The average molecular weight is 422 g/mol. The van der Waals surface area contributed by atoms with Crippen LogP contribution in [0.3, 0.4) is 0 Å². The first kappa shape index (κ1) is 23.0. The van der Waals surface area contributed by atoms with Crippen molar-refractivity contribution in [3.8, 4) is 5.75 Å². The van der Waals surface area contributed by atoms with Gasteiger partial charge in [-0.15, -0.1) is 0 Å². The molecule has 0 bridgehead atoms. The molecule has 0 radical (unpaired) electrons. The fourth-order valence-corrected chi connectivity index (χ4v) is 3.45. The number of nitrogens with one attached hydrogen (secondary N) is 1. The van der Waals surface area contributed by atoms with E-state index in [2.05, 4.69) is 42.6 Å². The van der Waals surface area contributed by atoms with Crippen LogP contribution >= 0.6 is 0 Å². The van der Waals surface area contributed by atoms with Crippen molar-refractivity contribution >= 4 is 0 Å². The SMILES string of the molecule is C[C@H](OCc1cccc(CCNCC(O)c2ccc(O)c(CO)c2)c1)c1ccccc1. The quantitative estimate of drug-likeness (QED) is 0.352. The molecular weight excluding hydrogens is 390 g/mol. The topological polar surface area (TPSA) is 82.0 Å². The molecule has 3 aromatic carbocycles. The summed E-state index contributed by atoms with van der Waals surface area (Å²) >= 11 is 0. The number of hydrogen-bond acceptors (Lipinski definition) is 5. The molecule has 4 N–H and O–H groups in total. The molecule has 1 unspecified atom stereocenters.